The number of anilines is 1. The third-order valence-electron chi connectivity index (χ3n) is 2.54. The van der Waals surface area contributed by atoms with E-state index >= 15 is 0 Å². The number of ether oxygens (including phenoxy) is 2. The summed E-state index contributed by atoms with van der Waals surface area (Å²) >= 11 is 5.89. The number of para-hydroxylation sites is 1. The fourth-order valence-electron chi connectivity index (χ4n) is 1.63. The Morgan fingerprint density at radius 2 is 2.44 bits per heavy atom. The van der Waals surface area contributed by atoms with E-state index in [0.29, 0.717) is 23.1 Å². The Labute approximate surface area is 99.7 Å². The standard InChI is InChI=1S/C11H15ClN2O2/c12-9-2-1-3-10(11(9)13)16-7-8-6-14-4-5-15-8/h1-3,8,14H,4-7,13H2/p+1. The van der Waals surface area contributed by atoms with Gasteiger partial charge in [-0.3, -0.25) is 0 Å². The van der Waals surface area contributed by atoms with Gasteiger partial charge in [0, 0.05) is 0 Å². The highest BCUT2D eigenvalue weighted by molar-refractivity contribution is 6.33. The van der Waals surface area contributed by atoms with Gasteiger partial charge in [-0.25, -0.2) is 0 Å². The van der Waals surface area contributed by atoms with Crippen LogP contribution < -0.4 is 15.8 Å². The molecular weight excluding hydrogens is 228 g/mol. The molecule has 1 unspecified atom stereocenters. The second kappa shape index (κ2) is 5.39. The molecule has 88 valence electrons. The number of rotatable bonds is 3. The number of hydrogen-bond acceptors (Lipinski definition) is 3. The Hall–Kier alpha value is -0.970. The van der Waals surface area contributed by atoms with Crippen LogP contribution in [-0.2, 0) is 4.74 Å². The van der Waals surface area contributed by atoms with Gasteiger partial charge in [-0.1, -0.05) is 17.7 Å². The van der Waals surface area contributed by atoms with Crippen LogP contribution in [0.1, 0.15) is 0 Å². The lowest BCUT2D eigenvalue weighted by molar-refractivity contribution is -0.677. The van der Waals surface area contributed by atoms with E-state index in [1.54, 1.807) is 6.07 Å². The van der Waals surface area contributed by atoms with Crippen LogP contribution >= 0.6 is 11.6 Å². The highest BCUT2D eigenvalue weighted by atomic mass is 35.5. The van der Waals surface area contributed by atoms with Gasteiger partial charge < -0.3 is 20.5 Å². The van der Waals surface area contributed by atoms with Crippen LogP contribution in [0.5, 0.6) is 5.75 Å². The minimum absolute atomic E-state index is 0.132. The average Bonchev–Trinajstić information content (AvgIpc) is 2.32. The zero-order chi connectivity index (χ0) is 11.4. The minimum atomic E-state index is 0.132. The average molecular weight is 244 g/mol. The second-order valence-corrected chi connectivity index (χ2v) is 4.18. The summed E-state index contributed by atoms with van der Waals surface area (Å²) < 4.78 is 11.1. The van der Waals surface area contributed by atoms with Crippen molar-refractivity contribution in [1.82, 2.24) is 0 Å². The van der Waals surface area contributed by atoms with E-state index in [9.17, 15) is 0 Å². The SMILES string of the molecule is Nc1c(Cl)cccc1OCC1C[NH2+]CCO1. The van der Waals surface area contributed by atoms with Crippen molar-refractivity contribution in [1.29, 1.82) is 0 Å². The van der Waals surface area contributed by atoms with Gasteiger partial charge in [0.1, 0.15) is 25.0 Å². The number of benzene rings is 1. The van der Waals surface area contributed by atoms with Crippen molar-refractivity contribution in [3.63, 3.8) is 0 Å². The molecule has 0 aliphatic carbocycles. The second-order valence-electron chi connectivity index (χ2n) is 3.77. The summed E-state index contributed by atoms with van der Waals surface area (Å²) in [7, 11) is 0. The van der Waals surface area contributed by atoms with E-state index in [1.165, 1.54) is 0 Å². The van der Waals surface area contributed by atoms with Gasteiger partial charge in [-0.15, -0.1) is 0 Å². The topological polar surface area (TPSA) is 61.1 Å². The smallest absolute Gasteiger partial charge is 0.143 e. The molecule has 1 heterocycles. The molecule has 1 aromatic rings. The molecule has 0 saturated carbocycles. The van der Waals surface area contributed by atoms with E-state index in [1.807, 2.05) is 12.1 Å². The van der Waals surface area contributed by atoms with Crippen LogP contribution in [-0.4, -0.2) is 32.4 Å². The van der Waals surface area contributed by atoms with E-state index in [4.69, 9.17) is 26.8 Å². The third kappa shape index (κ3) is 2.78. The Bertz CT molecular complexity index is 354. The highest BCUT2D eigenvalue weighted by Gasteiger charge is 2.17. The van der Waals surface area contributed by atoms with Crippen LogP contribution in [0.3, 0.4) is 0 Å². The maximum absolute atomic E-state index is 5.89. The summed E-state index contributed by atoms with van der Waals surface area (Å²) in [6.45, 7) is 3.25. The number of nitrogens with two attached hydrogens (primary N) is 2. The van der Waals surface area contributed by atoms with Gasteiger partial charge in [0.15, 0.2) is 0 Å². The van der Waals surface area contributed by atoms with Crippen molar-refractivity contribution in [3.8, 4) is 5.75 Å². The molecule has 1 atom stereocenters. The number of hydrogen-bond donors (Lipinski definition) is 2. The Morgan fingerprint density at radius 1 is 1.56 bits per heavy atom. The summed E-state index contributed by atoms with van der Waals surface area (Å²) in [6, 6.07) is 5.38. The largest absolute Gasteiger partial charge is 0.488 e. The van der Waals surface area contributed by atoms with Crippen LogP contribution in [0.25, 0.3) is 0 Å². The molecule has 0 amide bonds. The quantitative estimate of drug-likeness (QED) is 0.749. The molecule has 0 spiro atoms. The van der Waals surface area contributed by atoms with Gasteiger partial charge in [-0.05, 0) is 12.1 Å². The first kappa shape index (κ1) is 11.5. The first-order valence-electron chi connectivity index (χ1n) is 5.37. The fraction of sp³-hybridized carbons (Fsp3) is 0.455. The molecular formula is C11H16ClN2O2+. The van der Waals surface area contributed by atoms with Gasteiger partial charge in [0.25, 0.3) is 0 Å². The zero-order valence-electron chi connectivity index (χ0n) is 8.99. The van der Waals surface area contributed by atoms with Gasteiger partial charge in [0.2, 0.25) is 0 Å². The molecule has 1 saturated heterocycles. The third-order valence-corrected chi connectivity index (χ3v) is 2.87. The van der Waals surface area contributed by atoms with E-state index in [0.717, 1.165) is 19.7 Å². The summed E-state index contributed by atoms with van der Waals surface area (Å²) in [5, 5.41) is 2.74. The molecule has 16 heavy (non-hydrogen) atoms. The summed E-state index contributed by atoms with van der Waals surface area (Å²) in [6.07, 6.45) is 0.132. The van der Waals surface area contributed by atoms with Crippen molar-refractivity contribution >= 4 is 17.3 Å². The summed E-state index contributed by atoms with van der Waals surface area (Å²) in [4.78, 5) is 0. The number of quaternary nitrogens is 1. The van der Waals surface area contributed by atoms with E-state index < -0.39 is 0 Å². The maximum Gasteiger partial charge on any atom is 0.143 e. The predicted octanol–water partition coefficient (Wildman–Crippen LogP) is 0.263. The predicted molar refractivity (Wildman–Crippen MR) is 62.8 cm³/mol. The maximum atomic E-state index is 5.89. The van der Waals surface area contributed by atoms with Crippen LogP contribution in [0, 0.1) is 0 Å². The van der Waals surface area contributed by atoms with Gasteiger partial charge in [0.05, 0.1) is 23.9 Å². The molecule has 1 fully saturated rings. The van der Waals surface area contributed by atoms with Gasteiger partial charge in [-0.2, -0.15) is 0 Å². The first-order valence-corrected chi connectivity index (χ1v) is 5.75. The Kier molecular flexibility index (Phi) is 3.88. The van der Waals surface area contributed by atoms with E-state index in [2.05, 4.69) is 5.32 Å². The molecule has 5 heteroatoms. The van der Waals surface area contributed by atoms with Crippen molar-refractivity contribution < 1.29 is 14.8 Å². The normalized spacial score (nSPS) is 20.7. The van der Waals surface area contributed by atoms with Crippen molar-refractivity contribution in [3.05, 3.63) is 23.2 Å². The van der Waals surface area contributed by atoms with E-state index in [-0.39, 0.29) is 6.10 Å². The van der Waals surface area contributed by atoms with Crippen molar-refractivity contribution in [2.75, 3.05) is 32.0 Å². The van der Waals surface area contributed by atoms with Crippen molar-refractivity contribution in [2.45, 2.75) is 6.10 Å². The number of halogens is 1. The minimum Gasteiger partial charge on any atom is -0.488 e. The molecule has 1 aromatic carbocycles. The number of morpholine rings is 1. The lowest BCUT2D eigenvalue weighted by atomic mass is 10.3. The molecule has 1 aliphatic rings. The highest BCUT2D eigenvalue weighted by Crippen LogP contribution is 2.28. The molecule has 0 aromatic heterocycles. The van der Waals surface area contributed by atoms with Gasteiger partial charge >= 0.3 is 0 Å². The molecule has 2 rings (SSSR count). The summed E-state index contributed by atoms with van der Waals surface area (Å²) in [5.74, 6) is 0.627. The monoisotopic (exact) mass is 243 g/mol. The Morgan fingerprint density at radius 3 is 3.19 bits per heavy atom. The zero-order valence-corrected chi connectivity index (χ0v) is 9.74. The van der Waals surface area contributed by atoms with Crippen LogP contribution in [0.15, 0.2) is 18.2 Å². The number of nitrogen functional groups attached to an aromatic ring is 1. The molecule has 4 nitrogen and oxygen atoms in total. The lowest BCUT2D eigenvalue weighted by Crippen LogP contribution is -2.89. The lowest BCUT2D eigenvalue weighted by Gasteiger charge is -2.21. The molecule has 4 N–H and O–H groups in total. The van der Waals surface area contributed by atoms with Crippen LogP contribution in [0.2, 0.25) is 5.02 Å². The first-order chi connectivity index (χ1) is 7.77. The van der Waals surface area contributed by atoms with Crippen molar-refractivity contribution in [2.24, 2.45) is 0 Å². The Balaban J connectivity index is 1.91. The summed E-state index contributed by atoms with van der Waals surface area (Å²) in [5.41, 5.74) is 6.28. The van der Waals surface area contributed by atoms with Crippen LogP contribution in [0.4, 0.5) is 5.69 Å². The molecule has 0 radical (unpaired) electrons. The fourth-order valence-corrected chi connectivity index (χ4v) is 1.80. The molecule has 1 aliphatic heterocycles. The molecule has 0 bridgehead atoms.